The molecule has 0 atom stereocenters. The quantitative estimate of drug-likeness (QED) is 0.470. The zero-order valence-electron chi connectivity index (χ0n) is 5.84. The molecule has 0 saturated carbocycles. The Morgan fingerprint density at radius 3 is 3.10 bits per heavy atom. The molecule has 1 aliphatic carbocycles. The van der Waals surface area contributed by atoms with Crippen LogP contribution in [-0.4, -0.2) is 6.29 Å². The molecular formula is C8H11NO. The van der Waals surface area contributed by atoms with E-state index in [0.717, 1.165) is 19.1 Å². The standard InChI is InChI=1S/C8H11NO/c10-7-3-6-9-8-4-1-2-5-8/h3-4,6-7,9H,1-2,5H2/b6-3+. The van der Waals surface area contributed by atoms with Crippen LogP contribution in [0.2, 0.25) is 0 Å². The number of allylic oxidation sites excluding steroid dienone is 3. The van der Waals surface area contributed by atoms with Gasteiger partial charge in [-0.3, -0.25) is 4.79 Å². The van der Waals surface area contributed by atoms with Gasteiger partial charge in [-0.1, -0.05) is 6.08 Å². The molecule has 0 fully saturated rings. The Hall–Kier alpha value is -1.05. The Bertz CT molecular complexity index is 170. The molecule has 54 valence electrons. The summed E-state index contributed by atoms with van der Waals surface area (Å²) in [6, 6.07) is 0. The Morgan fingerprint density at radius 2 is 2.50 bits per heavy atom. The minimum atomic E-state index is 0.766. The first-order valence-electron chi connectivity index (χ1n) is 3.49. The van der Waals surface area contributed by atoms with Crippen molar-refractivity contribution in [2.24, 2.45) is 0 Å². The van der Waals surface area contributed by atoms with Crippen molar-refractivity contribution in [2.45, 2.75) is 19.3 Å². The number of nitrogens with one attached hydrogen (secondary N) is 1. The average molecular weight is 137 g/mol. The molecule has 1 aliphatic rings. The normalized spacial score (nSPS) is 17.4. The van der Waals surface area contributed by atoms with Gasteiger partial charge in [-0.15, -0.1) is 0 Å². The first-order chi connectivity index (χ1) is 4.93. The van der Waals surface area contributed by atoms with Crippen molar-refractivity contribution in [1.29, 1.82) is 0 Å². The Labute approximate surface area is 60.6 Å². The van der Waals surface area contributed by atoms with Crippen LogP contribution in [-0.2, 0) is 4.79 Å². The summed E-state index contributed by atoms with van der Waals surface area (Å²) in [5, 5.41) is 3.03. The summed E-state index contributed by atoms with van der Waals surface area (Å²) in [6.45, 7) is 0. The number of hydrogen-bond donors (Lipinski definition) is 1. The van der Waals surface area contributed by atoms with Crippen molar-refractivity contribution >= 4 is 6.29 Å². The van der Waals surface area contributed by atoms with Crippen molar-refractivity contribution < 1.29 is 4.79 Å². The summed E-state index contributed by atoms with van der Waals surface area (Å²) < 4.78 is 0. The maximum Gasteiger partial charge on any atom is 0.144 e. The van der Waals surface area contributed by atoms with Gasteiger partial charge in [0.25, 0.3) is 0 Å². The molecule has 0 aliphatic heterocycles. The van der Waals surface area contributed by atoms with E-state index in [1.165, 1.54) is 18.2 Å². The van der Waals surface area contributed by atoms with Gasteiger partial charge in [-0.25, -0.2) is 0 Å². The predicted octanol–water partition coefficient (Wildman–Crippen LogP) is 1.36. The highest BCUT2D eigenvalue weighted by atomic mass is 16.1. The molecule has 0 amide bonds. The van der Waals surface area contributed by atoms with Crippen LogP contribution >= 0.6 is 0 Å². The maximum absolute atomic E-state index is 9.83. The van der Waals surface area contributed by atoms with Crippen molar-refractivity contribution in [3.8, 4) is 0 Å². The number of hydrogen-bond acceptors (Lipinski definition) is 2. The van der Waals surface area contributed by atoms with Crippen molar-refractivity contribution in [3.63, 3.8) is 0 Å². The lowest BCUT2D eigenvalue weighted by Gasteiger charge is -1.97. The third-order valence-electron chi connectivity index (χ3n) is 1.48. The molecule has 2 heteroatoms. The minimum absolute atomic E-state index is 0.766. The van der Waals surface area contributed by atoms with E-state index in [-0.39, 0.29) is 0 Å². The zero-order valence-corrected chi connectivity index (χ0v) is 5.84. The zero-order chi connectivity index (χ0) is 7.23. The third-order valence-corrected chi connectivity index (χ3v) is 1.48. The van der Waals surface area contributed by atoms with Gasteiger partial charge in [0, 0.05) is 11.9 Å². The number of carbonyl (C=O) groups excluding carboxylic acids is 1. The van der Waals surface area contributed by atoms with Gasteiger partial charge < -0.3 is 5.32 Å². The molecule has 0 spiro atoms. The van der Waals surface area contributed by atoms with E-state index in [2.05, 4.69) is 11.4 Å². The van der Waals surface area contributed by atoms with E-state index >= 15 is 0 Å². The number of rotatable bonds is 3. The lowest BCUT2D eigenvalue weighted by molar-refractivity contribution is -0.104. The fraction of sp³-hybridized carbons (Fsp3) is 0.375. The molecule has 0 unspecified atom stereocenters. The third kappa shape index (κ3) is 2.05. The van der Waals surface area contributed by atoms with Crippen LogP contribution in [0.15, 0.2) is 24.0 Å². The molecule has 0 saturated heterocycles. The molecule has 0 bridgehead atoms. The molecule has 0 heterocycles. The summed E-state index contributed by atoms with van der Waals surface area (Å²) in [5.74, 6) is 0. The van der Waals surface area contributed by atoms with Gasteiger partial charge in [0.1, 0.15) is 6.29 Å². The second-order valence-electron chi connectivity index (χ2n) is 2.26. The van der Waals surface area contributed by atoms with Gasteiger partial charge in [0.2, 0.25) is 0 Å². The Balaban J connectivity index is 2.24. The summed E-state index contributed by atoms with van der Waals surface area (Å²) in [7, 11) is 0. The predicted molar refractivity (Wildman–Crippen MR) is 40.3 cm³/mol. The largest absolute Gasteiger partial charge is 0.365 e. The summed E-state index contributed by atoms with van der Waals surface area (Å²) in [6.07, 6.45) is 9.57. The maximum atomic E-state index is 9.83. The topological polar surface area (TPSA) is 29.1 Å². The SMILES string of the molecule is O=C/C=C/NC1=CCCC1. The second kappa shape index (κ2) is 3.88. The number of carbonyl (C=O) groups is 1. The minimum Gasteiger partial charge on any atom is -0.365 e. The monoisotopic (exact) mass is 137 g/mol. The van der Waals surface area contributed by atoms with Gasteiger partial charge in [0.05, 0.1) is 0 Å². The van der Waals surface area contributed by atoms with Crippen molar-refractivity contribution in [3.05, 3.63) is 24.0 Å². The first-order valence-corrected chi connectivity index (χ1v) is 3.49. The second-order valence-corrected chi connectivity index (χ2v) is 2.26. The summed E-state index contributed by atoms with van der Waals surface area (Å²) in [4.78, 5) is 9.83. The van der Waals surface area contributed by atoms with Gasteiger partial charge in [-0.2, -0.15) is 0 Å². The van der Waals surface area contributed by atoms with Crippen LogP contribution in [0.4, 0.5) is 0 Å². The highest BCUT2D eigenvalue weighted by Crippen LogP contribution is 2.13. The van der Waals surface area contributed by atoms with E-state index in [1.807, 2.05) is 0 Å². The van der Waals surface area contributed by atoms with E-state index in [9.17, 15) is 4.79 Å². The Morgan fingerprint density at radius 1 is 1.60 bits per heavy atom. The molecule has 0 aromatic rings. The molecule has 1 rings (SSSR count). The molecular weight excluding hydrogens is 126 g/mol. The Kier molecular flexibility index (Phi) is 2.74. The van der Waals surface area contributed by atoms with Crippen LogP contribution < -0.4 is 5.32 Å². The van der Waals surface area contributed by atoms with Crippen LogP contribution in [0.5, 0.6) is 0 Å². The van der Waals surface area contributed by atoms with Crippen LogP contribution in [0.1, 0.15) is 19.3 Å². The molecule has 10 heavy (non-hydrogen) atoms. The fourth-order valence-corrected chi connectivity index (χ4v) is 0.996. The molecule has 0 aromatic heterocycles. The van der Waals surface area contributed by atoms with E-state index in [1.54, 1.807) is 6.20 Å². The van der Waals surface area contributed by atoms with Gasteiger partial charge in [0.15, 0.2) is 0 Å². The van der Waals surface area contributed by atoms with E-state index < -0.39 is 0 Å². The summed E-state index contributed by atoms with van der Waals surface area (Å²) in [5.41, 5.74) is 1.23. The van der Waals surface area contributed by atoms with Crippen molar-refractivity contribution in [2.75, 3.05) is 0 Å². The highest BCUT2D eigenvalue weighted by molar-refractivity contribution is 5.64. The van der Waals surface area contributed by atoms with Crippen molar-refractivity contribution in [1.82, 2.24) is 5.32 Å². The number of aldehydes is 1. The lowest BCUT2D eigenvalue weighted by Crippen LogP contribution is -2.01. The van der Waals surface area contributed by atoms with Crippen LogP contribution in [0.25, 0.3) is 0 Å². The molecule has 0 radical (unpaired) electrons. The van der Waals surface area contributed by atoms with Gasteiger partial charge in [-0.05, 0) is 25.3 Å². The summed E-state index contributed by atoms with van der Waals surface area (Å²) >= 11 is 0. The first kappa shape index (κ1) is 7.06. The van der Waals surface area contributed by atoms with E-state index in [0.29, 0.717) is 0 Å². The smallest absolute Gasteiger partial charge is 0.144 e. The lowest BCUT2D eigenvalue weighted by atomic mass is 10.3. The van der Waals surface area contributed by atoms with Crippen LogP contribution in [0, 0.1) is 0 Å². The molecule has 1 N–H and O–H groups in total. The molecule has 2 nitrogen and oxygen atoms in total. The average Bonchev–Trinajstić information content (AvgIpc) is 2.41. The highest BCUT2D eigenvalue weighted by Gasteiger charge is 2.00. The van der Waals surface area contributed by atoms with E-state index in [4.69, 9.17) is 0 Å². The van der Waals surface area contributed by atoms with Crippen LogP contribution in [0.3, 0.4) is 0 Å². The fourth-order valence-electron chi connectivity index (χ4n) is 0.996. The van der Waals surface area contributed by atoms with Gasteiger partial charge >= 0.3 is 0 Å². The molecule has 0 aromatic carbocycles.